The second-order valence-corrected chi connectivity index (χ2v) is 14.7. The summed E-state index contributed by atoms with van der Waals surface area (Å²) < 4.78 is 8.24. The predicted octanol–water partition coefficient (Wildman–Crippen LogP) is 11.8. The van der Waals surface area contributed by atoms with Crippen molar-refractivity contribution in [3.63, 3.8) is 0 Å². The monoisotopic (exact) mass is 724 g/mol. The number of rotatable bonds is 19. The molecule has 0 radical (unpaired) electrons. The fourth-order valence-electron chi connectivity index (χ4n) is 6.19. The molecule has 1 aliphatic heterocycles. The summed E-state index contributed by atoms with van der Waals surface area (Å²) in [5.41, 5.74) is 4.63. The van der Waals surface area contributed by atoms with Crippen LogP contribution in [0.3, 0.4) is 0 Å². The van der Waals surface area contributed by atoms with Crippen molar-refractivity contribution in [2.45, 2.75) is 98.1 Å². The highest BCUT2D eigenvalue weighted by Gasteiger charge is 2.38. The summed E-state index contributed by atoms with van der Waals surface area (Å²) in [6, 6.07) is 19.1. The molecule has 0 fully saturated rings. The van der Waals surface area contributed by atoms with Gasteiger partial charge in [-0.3, -0.25) is 0 Å². The van der Waals surface area contributed by atoms with Crippen LogP contribution in [0.25, 0.3) is 30.4 Å². The van der Waals surface area contributed by atoms with Gasteiger partial charge in [0, 0.05) is 53.4 Å². The molecule has 1 aromatic carbocycles. The second kappa shape index (κ2) is 20.6. The van der Waals surface area contributed by atoms with Gasteiger partial charge in [0.05, 0.1) is 0 Å². The van der Waals surface area contributed by atoms with Crippen LogP contribution in [0, 0.1) is 34.0 Å². The molecule has 0 amide bonds. The smallest absolute Gasteiger partial charge is 0.172 e. The molecule has 4 rings (SSSR count). The topological polar surface area (TPSA) is 102 Å². The molecule has 0 bridgehead atoms. The maximum atomic E-state index is 9.76. The second-order valence-electron chi connectivity index (χ2n) is 13.6. The Morgan fingerprint density at radius 3 is 2.06 bits per heavy atom. The molecule has 53 heavy (non-hydrogen) atoms. The third-order valence-corrected chi connectivity index (χ3v) is 10.1. The number of benzene rings is 1. The first-order chi connectivity index (χ1) is 25.8. The molecule has 0 saturated carbocycles. The van der Waals surface area contributed by atoms with Crippen LogP contribution in [0.4, 0.5) is 5.69 Å². The lowest BCUT2D eigenvalue weighted by Gasteiger charge is -2.24. The lowest BCUT2D eigenvalue weighted by Crippen LogP contribution is -2.25. The standard InChI is InChI=1S/C45H52N6OS/c1-6-9-12-15-30-51-38(23-20-35-18-21-37(22-19-35)50(28-10-7-2)29-11-8-3)24-25-39(51)26-27-43-49-34-40(53-43)16-13-14-17-42-41(33-48)44(36(31-46)32-47)52-45(42,4)5/h13-14,16-27,34H,6-12,15,28-30H2,1-5H3/b16-13+,17-14+,23-20+,27-26+. The molecule has 7 nitrogen and oxygen atoms in total. The van der Waals surface area contributed by atoms with Crippen LogP contribution in [0.15, 0.2) is 83.3 Å². The van der Waals surface area contributed by atoms with Gasteiger partial charge >= 0.3 is 0 Å². The summed E-state index contributed by atoms with van der Waals surface area (Å²) in [6.45, 7) is 13.6. The van der Waals surface area contributed by atoms with E-state index in [4.69, 9.17) is 4.74 Å². The van der Waals surface area contributed by atoms with Crippen LogP contribution < -0.4 is 4.90 Å². The van der Waals surface area contributed by atoms with Gasteiger partial charge in [-0.2, -0.15) is 15.8 Å². The molecule has 0 N–H and O–H groups in total. The van der Waals surface area contributed by atoms with Crippen molar-refractivity contribution in [2.24, 2.45) is 0 Å². The van der Waals surface area contributed by atoms with Crippen molar-refractivity contribution in [2.75, 3.05) is 18.0 Å². The minimum atomic E-state index is -0.842. The van der Waals surface area contributed by atoms with E-state index < -0.39 is 5.60 Å². The van der Waals surface area contributed by atoms with E-state index in [9.17, 15) is 15.8 Å². The van der Waals surface area contributed by atoms with Gasteiger partial charge in [-0.15, -0.1) is 11.3 Å². The molecule has 8 heteroatoms. The van der Waals surface area contributed by atoms with E-state index in [-0.39, 0.29) is 16.9 Å². The maximum absolute atomic E-state index is 9.76. The minimum absolute atomic E-state index is 0.0392. The Kier molecular flexibility index (Phi) is 15.7. The van der Waals surface area contributed by atoms with Crippen LogP contribution >= 0.6 is 11.3 Å². The van der Waals surface area contributed by atoms with Gasteiger partial charge in [0.25, 0.3) is 0 Å². The molecule has 0 aliphatic carbocycles. The normalized spacial score (nSPS) is 14.0. The van der Waals surface area contributed by atoms with Crippen LogP contribution in [0.2, 0.25) is 0 Å². The Morgan fingerprint density at radius 1 is 0.792 bits per heavy atom. The van der Waals surface area contributed by atoms with Crippen molar-refractivity contribution in [1.82, 2.24) is 9.55 Å². The predicted molar refractivity (Wildman–Crippen MR) is 221 cm³/mol. The van der Waals surface area contributed by atoms with Gasteiger partial charge in [0.1, 0.15) is 34.4 Å². The first kappa shape index (κ1) is 40.4. The zero-order valence-electron chi connectivity index (χ0n) is 31.9. The quantitative estimate of drug-likeness (QED) is 0.0693. The van der Waals surface area contributed by atoms with E-state index in [1.807, 2.05) is 50.4 Å². The molecule has 2 aromatic heterocycles. The average Bonchev–Trinajstić information content (AvgIpc) is 3.85. The summed E-state index contributed by atoms with van der Waals surface area (Å²) >= 11 is 1.59. The maximum Gasteiger partial charge on any atom is 0.172 e. The molecule has 0 spiro atoms. The van der Waals surface area contributed by atoms with E-state index in [1.54, 1.807) is 17.4 Å². The highest BCUT2D eigenvalue weighted by molar-refractivity contribution is 7.13. The zero-order chi connectivity index (χ0) is 38.1. The highest BCUT2D eigenvalue weighted by Crippen LogP contribution is 2.40. The SMILES string of the molecule is CCCCCCn1c(/C=C/c2ccc(N(CCCC)CCCC)cc2)ccc1/C=C/c1ncc(/C=C/C=C/C2=C(C#N)C(=C(C#N)C#N)OC2(C)C)s1. The van der Waals surface area contributed by atoms with Crippen molar-refractivity contribution in [3.8, 4) is 18.2 Å². The van der Waals surface area contributed by atoms with Gasteiger partial charge in [-0.05, 0) is 87.2 Å². The Morgan fingerprint density at radius 2 is 1.43 bits per heavy atom. The molecule has 274 valence electrons. The van der Waals surface area contributed by atoms with Gasteiger partial charge in [-0.25, -0.2) is 4.98 Å². The van der Waals surface area contributed by atoms with E-state index in [1.165, 1.54) is 61.9 Å². The number of nitrogens with zero attached hydrogens (tertiary/aromatic N) is 6. The lowest BCUT2D eigenvalue weighted by atomic mass is 9.95. The lowest BCUT2D eigenvalue weighted by molar-refractivity contribution is 0.0954. The zero-order valence-corrected chi connectivity index (χ0v) is 32.8. The van der Waals surface area contributed by atoms with Crippen LogP contribution in [-0.2, 0) is 11.3 Å². The number of unbranched alkanes of at least 4 members (excludes halogenated alkanes) is 5. The van der Waals surface area contributed by atoms with Gasteiger partial charge < -0.3 is 14.2 Å². The number of nitriles is 3. The number of ether oxygens (including phenoxy) is 1. The van der Waals surface area contributed by atoms with E-state index >= 15 is 0 Å². The summed E-state index contributed by atoms with van der Waals surface area (Å²) in [7, 11) is 0. The number of hydrogen-bond acceptors (Lipinski definition) is 7. The van der Waals surface area contributed by atoms with Crippen molar-refractivity contribution >= 4 is 47.4 Å². The first-order valence-electron chi connectivity index (χ1n) is 18.9. The Bertz CT molecular complexity index is 1950. The summed E-state index contributed by atoms with van der Waals surface area (Å²) in [6.07, 6.45) is 27.6. The highest BCUT2D eigenvalue weighted by atomic mass is 32.1. The Balaban J connectivity index is 1.47. The molecular formula is C45H52N6OS. The average molecular weight is 725 g/mol. The molecule has 1 aliphatic rings. The van der Waals surface area contributed by atoms with Crippen LogP contribution in [-0.4, -0.2) is 28.2 Å². The summed E-state index contributed by atoms with van der Waals surface area (Å²) in [5, 5.41) is 29.3. The molecule has 3 aromatic rings. The fourth-order valence-corrected chi connectivity index (χ4v) is 6.92. The number of thiazole rings is 1. The number of aromatic nitrogens is 2. The number of anilines is 1. The van der Waals surface area contributed by atoms with E-state index in [0.717, 1.165) is 41.6 Å². The van der Waals surface area contributed by atoms with Crippen LogP contribution in [0.1, 0.15) is 113 Å². The molecular weight excluding hydrogens is 673 g/mol. The Hall–Kier alpha value is -5.36. The molecule has 3 heterocycles. The van der Waals surface area contributed by atoms with E-state index in [2.05, 4.69) is 102 Å². The molecule has 0 unspecified atom stereocenters. The van der Waals surface area contributed by atoms with Gasteiger partial charge in [0.2, 0.25) is 0 Å². The molecule has 0 saturated heterocycles. The minimum Gasteiger partial charge on any atom is -0.480 e. The largest absolute Gasteiger partial charge is 0.480 e. The van der Waals surface area contributed by atoms with Gasteiger partial charge in [-0.1, -0.05) is 89.3 Å². The number of hydrogen-bond donors (Lipinski definition) is 0. The van der Waals surface area contributed by atoms with E-state index in [0.29, 0.717) is 5.57 Å². The summed E-state index contributed by atoms with van der Waals surface area (Å²) in [4.78, 5) is 8.14. The van der Waals surface area contributed by atoms with Crippen molar-refractivity contribution in [3.05, 3.63) is 110 Å². The summed E-state index contributed by atoms with van der Waals surface area (Å²) in [5.74, 6) is 0.0392. The Labute approximate surface area is 320 Å². The van der Waals surface area contributed by atoms with Crippen molar-refractivity contribution in [1.29, 1.82) is 15.8 Å². The third kappa shape index (κ3) is 11.3. The van der Waals surface area contributed by atoms with Crippen molar-refractivity contribution < 1.29 is 4.74 Å². The number of allylic oxidation sites excluding steroid dienone is 4. The molecule has 0 atom stereocenters. The fraction of sp³-hybridized carbons (Fsp3) is 0.378. The van der Waals surface area contributed by atoms with Crippen LogP contribution in [0.5, 0.6) is 0 Å². The third-order valence-electron chi connectivity index (χ3n) is 9.19. The van der Waals surface area contributed by atoms with Gasteiger partial charge in [0.15, 0.2) is 11.3 Å². The first-order valence-corrected chi connectivity index (χ1v) is 19.7.